The number of benzene rings is 2. The molecule has 0 N–H and O–H groups in total. The smallest absolute Gasteiger partial charge is 0.305 e. The molecule has 0 aliphatic carbocycles. The van der Waals surface area contributed by atoms with Crippen molar-refractivity contribution in [2.24, 2.45) is 10.2 Å². The van der Waals surface area contributed by atoms with Crippen LogP contribution in [0.5, 0.6) is 0 Å². The van der Waals surface area contributed by atoms with Gasteiger partial charge in [0.1, 0.15) is 0 Å². The minimum Gasteiger partial charge on any atom is -0.469 e. The summed E-state index contributed by atoms with van der Waals surface area (Å²) in [4.78, 5) is 11.1. The molecule has 102 valence electrons. The van der Waals surface area contributed by atoms with Gasteiger partial charge in [-0.3, -0.25) is 4.79 Å². The van der Waals surface area contributed by atoms with Crippen molar-refractivity contribution in [1.29, 1.82) is 0 Å². The van der Waals surface area contributed by atoms with E-state index in [1.165, 1.54) is 7.11 Å². The first-order valence-corrected chi connectivity index (χ1v) is 6.40. The average molecular weight is 268 g/mol. The molecule has 0 unspecified atom stereocenters. The Morgan fingerprint density at radius 1 is 1.00 bits per heavy atom. The van der Waals surface area contributed by atoms with E-state index in [1.807, 2.05) is 54.6 Å². The summed E-state index contributed by atoms with van der Waals surface area (Å²) < 4.78 is 4.63. The summed E-state index contributed by atoms with van der Waals surface area (Å²) in [5.41, 5.74) is 2.63. The van der Waals surface area contributed by atoms with Crippen LogP contribution in [0.2, 0.25) is 0 Å². The quantitative estimate of drug-likeness (QED) is 0.602. The van der Waals surface area contributed by atoms with Gasteiger partial charge in [-0.1, -0.05) is 30.3 Å². The topological polar surface area (TPSA) is 51.0 Å². The highest BCUT2D eigenvalue weighted by atomic mass is 16.5. The van der Waals surface area contributed by atoms with Crippen molar-refractivity contribution >= 4 is 17.3 Å². The lowest BCUT2D eigenvalue weighted by Crippen LogP contribution is -2.01. The highest BCUT2D eigenvalue weighted by molar-refractivity contribution is 5.69. The lowest BCUT2D eigenvalue weighted by Gasteiger charge is -2.01. The normalized spacial score (nSPS) is 10.7. The fourth-order valence-electron chi connectivity index (χ4n) is 1.73. The predicted octanol–water partition coefficient (Wildman–Crippen LogP) is 4.21. The lowest BCUT2D eigenvalue weighted by atomic mass is 10.1. The van der Waals surface area contributed by atoms with Crippen molar-refractivity contribution in [1.82, 2.24) is 0 Å². The number of methoxy groups -OCH3 is 1. The molecular formula is C16H16N2O2. The second-order valence-electron chi connectivity index (χ2n) is 4.28. The fourth-order valence-corrected chi connectivity index (χ4v) is 1.73. The molecule has 0 spiro atoms. The number of carbonyl (C=O) groups excluding carboxylic acids is 1. The summed E-state index contributed by atoms with van der Waals surface area (Å²) in [5.74, 6) is -0.207. The Hall–Kier alpha value is -2.49. The van der Waals surface area contributed by atoms with Gasteiger partial charge in [0.2, 0.25) is 0 Å². The fraction of sp³-hybridized carbons (Fsp3) is 0.188. The monoisotopic (exact) mass is 268 g/mol. The van der Waals surface area contributed by atoms with E-state index < -0.39 is 0 Å². The number of hydrogen-bond acceptors (Lipinski definition) is 4. The van der Waals surface area contributed by atoms with Gasteiger partial charge in [-0.05, 0) is 36.2 Å². The molecule has 20 heavy (non-hydrogen) atoms. The number of hydrogen-bond donors (Lipinski definition) is 0. The maximum Gasteiger partial charge on any atom is 0.305 e. The van der Waals surface area contributed by atoms with Crippen LogP contribution in [-0.4, -0.2) is 13.1 Å². The molecule has 0 atom stereocenters. The molecule has 0 aromatic heterocycles. The van der Waals surface area contributed by atoms with E-state index >= 15 is 0 Å². The Kier molecular flexibility index (Phi) is 5.00. The van der Waals surface area contributed by atoms with E-state index in [9.17, 15) is 4.79 Å². The zero-order chi connectivity index (χ0) is 14.2. The molecule has 0 aliphatic heterocycles. The molecule has 0 amide bonds. The summed E-state index contributed by atoms with van der Waals surface area (Å²) in [6.45, 7) is 0. The Bertz CT molecular complexity index is 594. The molecule has 4 heteroatoms. The van der Waals surface area contributed by atoms with Crippen molar-refractivity contribution in [3.05, 3.63) is 60.2 Å². The summed E-state index contributed by atoms with van der Waals surface area (Å²) in [5, 5.41) is 8.36. The van der Waals surface area contributed by atoms with Crippen LogP contribution >= 0.6 is 0 Å². The van der Waals surface area contributed by atoms with Crippen LogP contribution in [0.25, 0.3) is 0 Å². The van der Waals surface area contributed by atoms with Gasteiger partial charge < -0.3 is 4.74 Å². The standard InChI is InChI=1S/C16H16N2O2/c1-20-16(19)11-10-13-6-5-9-15(12-13)18-17-14-7-3-2-4-8-14/h2-9,12H,10-11H2,1H3. The van der Waals surface area contributed by atoms with E-state index in [-0.39, 0.29) is 5.97 Å². The van der Waals surface area contributed by atoms with Crippen LogP contribution in [0.3, 0.4) is 0 Å². The van der Waals surface area contributed by atoms with Crippen molar-refractivity contribution in [3.8, 4) is 0 Å². The second-order valence-corrected chi connectivity index (χ2v) is 4.28. The minimum absolute atomic E-state index is 0.207. The molecule has 0 radical (unpaired) electrons. The van der Waals surface area contributed by atoms with E-state index in [2.05, 4.69) is 15.0 Å². The van der Waals surface area contributed by atoms with Gasteiger partial charge >= 0.3 is 5.97 Å². The van der Waals surface area contributed by atoms with E-state index in [1.54, 1.807) is 0 Å². The Morgan fingerprint density at radius 2 is 1.70 bits per heavy atom. The number of nitrogens with zero attached hydrogens (tertiary/aromatic N) is 2. The lowest BCUT2D eigenvalue weighted by molar-refractivity contribution is -0.140. The number of ether oxygens (including phenoxy) is 1. The van der Waals surface area contributed by atoms with Gasteiger partial charge in [-0.15, -0.1) is 0 Å². The third kappa shape index (κ3) is 4.31. The SMILES string of the molecule is COC(=O)CCc1cccc(N=Nc2ccccc2)c1. The Balaban J connectivity index is 2.02. The van der Waals surface area contributed by atoms with Crippen LogP contribution in [0.1, 0.15) is 12.0 Å². The maximum absolute atomic E-state index is 11.1. The molecule has 2 rings (SSSR count). The van der Waals surface area contributed by atoms with Gasteiger partial charge in [0.25, 0.3) is 0 Å². The van der Waals surface area contributed by atoms with Gasteiger partial charge in [0.15, 0.2) is 0 Å². The zero-order valence-corrected chi connectivity index (χ0v) is 11.3. The largest absolute Gasteiger partial charge is 0.469 e. The number of aryl methyl sites for hydroxylation is 1. The molecule has 0 bridgehead atoms. The van der Waals surface area contributed by atoms with Crippen molar-refractivity contribution < 1.29 is 9.53 Å². The average Bonchev–Trinajstić information content (AvgIpc) is 2.52. The number of esters is 1. The van der Waals surface area contributed by atoms with Gasteiger partial charge in [0, 0.05) is 6.42 Å². The van der Waals surface area contributed by atoms with Crippen LogP contribution in [0, 0.1) is 0 Å². The number of azo groups is 1. The van der Waals surface area contributed by atoms with Crippen LogP contribution < -0.4 is 0 Å². The third-order valence-electron chi connectivity index (χ3n) is 2.79. The highest BCUT2D eigenvalue weighted by Gasteiger charge is 2.02. The Morgan fingerprint density at radius 3 is 2.45 bits per heavy atom. The van der Waals surface area contributed by atoms with Crippen LogP contribution in [-0.2, 0) is 16.0 Å². The van der Waals surface area contributed by atoms with Crippen LogP contribution in [0.15, 0.2) is 64.8 Å². The zero-order valence-electron chi connectivity index (χ0n) is 11.3. The molecule has 0 saturated carbocycles. The molecule has 2 aromatic rings. The minimum atomic E-state index is -0.207. The summed E-state index contributed by atoms with van der Waals surface area (Å²) in [6.07, 6.45) is 1.01. The van der Waals surface area contributed by atoms with Crippen LogP contribution in [0.4, 0.5) is 11.4 Å². The van der Waals surface area contributed by atoms with Crippen molar-refractivity contribution in [2.75, 3.05) is 7.11 Å². The van der Waals surface area contributed by atoms with E-state index in [0.29, 0.717) is 12.8 Å². The number of rotatable bonds is 5. The molecule has 0 aliphatic rings. The second kappa shape index (κ2) is 7.19. The third-order valence-corrected chi connectivity index (χ3v) is 2.79. The van der Waals surface area contributed by atoms with Gasteiger partial charge in [-0.25, -0.2) is 0 Å². The van der Waals surface area contributed by atoms with Crippen molar-refractivity contribution in [2.45, 2.75) is 12.8 Å². The molecule has 2 aromatic carbocycles. The summed E-state index contributed by atoms with van der Waals surface area (Å²) in [7, 11) is 1.40. The predicted molar refractivity (Wildman–Crippen MR) is 77.4 cm³/mol. The Labute approximate surface area is 118 Å². The first-order chi connectivity index (χ1) is 9.78. The molecule has 0 heterocycles. The maximum atomic E-state index is 11.1. The van der Waals surface area contributed by atoms with E-state index in [0.717, 1.165) is 16.9 Å². The summed E-state index contributed by atoms with van der Waals surface area (Å²) >= 11 is 0. The molecule has 4 nitrogen and oxygen atoms in total. The first kappa shape index (κ1) is 13.9. The first-order valence-electron chi connectivity index (χ1n) is 6.40. The number of carbonyl (C=O) groups is 1. The molecular weight excluding hydrogens is 252 g/mol. The summed E-state index contributed by atoms with van der Waals surface area (Å²) in [6, 6.07) is 17.2. The van der Waals surface area contributed by atoms with Crippen molar-refractivity contribution in [3.63, 3.8) is 0 Å². The van der Waals surface area contributed by atoms with E-state index in [4.69, 9.17) is 0 Å². The van der Waals surface area contributed by atoms with Gasteiger partial charge in [-0.2, -0.15) is 10.2 Å². The highest BCUT2D eigenvalue weighted by Crippen LogP contribution is 2.19. The molecule has 0 saturated heterocycles. The molecule has 0 fully saturated rings. The van der Waals surface area contributed by atoms with Gasteiger partial charge in [0.05, 0.1) is 18.5 Å².